The molecule has 2 aromatic carbocycles. The number of tetrazole rings is 1. The molecule has 4 aromatic rings. The Balaban J connectivity index is 1.57. The lowest BCUT2D eigenvalue weighted by Crippen LogP contribution is -2.09. The monoisotopic (exact) mass is 389 g/mol. The van der Waals surface area contributed by atoms with E-state index in [1.807, 2.05) is 28.9 Å². The molecule has 2 heterocycles. The lowest BCUT2D eigenvalue weighted by molar-refractivity contribution is 0.547. The largest absolute Gasteiger partial charge is 0.361 e. The molecule has 2 N–H and O–H groups in total. The zero-order chi connectivity index (χ0) is 20.2. The van der Waals surface area contributed by atoms with Crippen LogP contribution < -0.4 is 5.69 Å². The Bertz CT molecular complexity index is 1120. The molecular weight excluding hydrogens is 366 g/mol. The van der Waals surface area contributed by atoms with Crippen molar-refractivity contribution in [2.45, 2.75) is 33.2 Å². The number of aromatic nitrogens is 7. The highest BCUT2D eigenvalue weighted by Gasteiger charge is 2.11. The zero-order valence-electron chi connectivity index (χ0n) is 16.5. The SMILES string of the molecule is CC(C)CCc1nc(=O)[nH]n1Cc1ccc(-c2ccccc2-c2nn[nH]n2)cc1. The Morgan fingerprint density at radius 3 is 2.48 bits per heavy atom. The van der Waals surface area contributed by atoms with Gasteiger partial charge in [-0.25, -0.2) is 9.89 Å². The van der Waals surface area contributed by atoms with Crippen molar-refractivity contribution < 1.29 is 0 Å². The second kappa shape index (κ2) is 8.22. The topological polar surface area (TPSA) is 105 Å². The van der Waals surface area contributed by atoms with Gasteiger partial charge in [0.25, 0.3) is 0 Å². The third-order valence-corrected chi connectivity index (χ3v) is 4.84. The molecule has 0 aliphatic heterocycles. The van der Waals surface area contributed by atoms with E-state index in [2.05, 4.69) is 68.8 Å². The maximum Gasteiger partial charge on any atom is 0.361 e. The van der Waals surface area contributed by atoms with Gasteiger partial charge in [0.1, 0.15) is 5.82 Å². The summed E-state index contributed by atoms with van der Waals surface area (Å²) in [5, 5.41) is 17.2. The van der Waals surface area contributed by atoms with Crippen molar-refractivity contribution in [2.24, 2.45) is 5.92 Å². The van der Waals surface area contributed by atoms with E-state index in [-0.39, 0.29) is 5.69 Å². The molecule has 2 aromatic heterocycles. The molecule has 0 saturated heterocycles. The van der Waals surface area contributed by atoms with Gasteiger partial charge in [0.2, 0.25) is 5.82 Å². The summed E-state index contributed by atoms with van der Waals surface area (Å²) in [6, 6.07) is 16.2. The van der Waals surface area contributed by atoms with E-state index in [4.69, 9.17) is 0 Å². The number of hydrogen-bond acceptors (Lipinski definition) is 5. The van der Waals surface area contributed by atoms with Crippen molar-refractivity contribution in [1.82, 2.24) is 35.4 Å². The number of nitrogens with one attached hydrogen (secondary N) is 2. The van der Waals surface area contributed by atoms with Crippen molar-refractivity contribution in [3.05, 3.63) is 70.4 Å². The molecule has 0 unspecified atom stereocenters. The van der Waals surface area contributed by atoms with E-state index < -0.39 is 0 Å². The van der Waals surface area contributed by atoms with Crippen LogP contribution >= 0.6 is 0 Å². The average molecular weight is 389 g/mol. The summed E-state index contributed by atoms with van der Waals surface area (Å²) < 4.78 is 1.84. The fourth-order valence-corrected chi connectivity index (χ4v) is 3.30. The lowest BCUT2D eigenvalue weighted by atomic mass is 9.98. The number of hydrogen-bond donors (Lipinski definition) is 2. The van der Waals surface area contributed by atoms with Gasteiger partial charge < -0.3 is 0 Å². The van der Waals surface area contributed by atoms with Gasteiger partial charge >= 0.3 is 5.69 Å². The first-order valence-corrected chi connectivity index (χ1v) is 9.68. The van der Waals surface area contributed by atoms with Crippen LogP contribution in [0.4, 0.5) is 0 Å². The minimum atomic E-state index is -0.297. The van der Waals surface area contributed by atoms with Crippen LogP contribution in [0.5, 0.6) is 0 Å². The number of rotatable bonds is 7. The number of aryl methyl sites for hydroxylation is 1. The maximum absolute atomic E-state index is 11.7. The third kappa shape index (κ3) is 4.31. The molecule has 0 aliphatic carbocycles. The predicted octanol–water partition coefficient (Wildman–Crippen LogP) is 3.06. The van der Waals surface area contributed by atoms with Crippen molar-refractivity contribution >= 4 is 0 Å². The Morgan fingerprint density at radius 2 is 1.79 bits per heavy atom. The summed E-state index contributed by atoms with van der Waals surface area (Å²) in [5.74, 6) is 1.93. The number of nitrogens with zero attached hydrogens (tertiary/aromatic N) is 5. The van der Waals surface area contributed by atoms with Gasteiger partial charge in [-0.3, -0.25) is 4.68 Å². The van der Waals surface area contributed by atoms with Gasteiger partial charge in [-0.05, 0) is 34.2 Å². The first kappa shape index (κ1) is 18.8. The Kier molecular flexibility index (Phi) is 5.33. The molecule has 8 nitrogen and oxygen atoms in total. The van der Waals surface area contributed by atoms with Crippen LogP contribution in [-0.2, 0) is 13.0 Å². The van der Waals surface area contributed by atoms with Crippen molar-refractivity contribution in [3.63, 3.8) is 0 Å². The fraction of sp³-hybridized carbons (Fsp3) is 0.286. The van der Waals surface area contributed by atoms with Crippen LogP contribution in [0.15, 0.2) is 53.3 Å². The molecule has 148 valence electrons. The second-order valence-electron chi connectivity index (χ2n) is 7.44. The van der Waals surface area contributed by atoms with Gasteiger partial charge in [-0.15, -0.1) is 10.2 Å². The van der Waals surface area contributed by atoms with E-state index >= 15 is 0 Å². The quantitative estimate of drug-likeness (QED) is 0.505. The third-order valence-electron chi connectivity index (χ3n) is 4.84. The van der Waals surface area contributed by atoms with Crippen molar-refractivity contribution in [3.8, 4) is 22.5 Å². The fourth-order valence-electron chi connectivity index (χ4n) is 3.30. The minimum Gasteiger partial charge on any atom is -0.266 e. The lowest BCUT2D eigenvalue weighted by Gasteiger charge is -2.10. The van der Waals surface area contributed by atoms with Gasteiger partial charge in [-0.2, -0.15) is 10.2 Å². The summed E-state index contributed by atoms with van der Waals surface area (Å²) in [7, 11) is 0. The van der Waals surface area contributed by atoms with Crippen LogP contribution in [0.3, 0.4) is 0 Å². The van der Waals surface area contributed by atoms with E-state index in [1.165, 1.54) is 0 Å². The Morgan fingerprint density at radius 1 is 1.03 bits per heavy atom. The minimum absolute atomic E-state index is 0.297. The summed E-state index contributed by atoms with van der Waals surface area (Å²) in [6.45, 7) is 4.91. The molecule has 0 amide bonds. The van der Waals surface area contributed by atoms with Crippen LogP contribution in [-0.4, -0.2) is 35.4 Å². The van der Waals surface area contributed by atoms with Gasteiger partial charge in [-0.1, -0.05) is 62.4 Å². The van der Waals surface area contributed by atoms with E-state index in [1.54, 1.807) is 0 Å². The van der Waals surface area contributed by atoms with Crippen LogP contribution in [0, 0.1) is 5.92 Å². The molecule has 4 rings (SSSR count). The van der Waals surface area contributed by atoms with E-state index in [0.717, 1.165) is 40.9 Å². The van der Waals surface area contributed by atoms with Crippen LogP contribution in [0.2, 0.25) is 0 Å². The van der Waals surface area contributed by atoms with Crippen LogP contribution in [0.25, 0.3) is 22.5 Å². The predicted molar refractivity (Wildman–Crippen MR) is 110 cm³/mol. The molecular formula is C21H23N7O. The number of H-pyrrole nitrogens is 2. The molecule has 0 spiro atoms. The molecule has 0 saturated carbocycles. The molecule has 0 bridgehead atoms. The van der Waals surface area contributed by atoms with Gasteiger partial charge in [0.05, 0.1) is 6.54 Å². The van der Waals surface area contributed by atoms with Crippen LogP contribution in [0.1, 0.15) is 31.7 Å². The highest BCUT2D eigenvalue weighted by molar-refractivity contribution is 5.80. The molecule has 0 aliphatic rings. The first-order valence-electron chi connectivity index (χ1n) is 9.68. The zero-order valence-corrected chi connectivity index (χ0v) is 16.5. The Hall–Kier alpha value is -3.55. The molecule has 8 heteroatoms. The number of benzene rings is 2. The van der Waals surface area contributed by atoms with Gasteiger partial charge in [0.15, 0.2) is 0 Å². The maximum atomic E-state index is 11.7. The summed E-state index contributed by atoms with van der Waals surface area (Å²) in [4.78, 5) is 15.8. The highest BCUT2D eigenvalue weighted by Crippen LogP contribution is 2.29. The Labute approximate surface area is 168 Å². The normalized spacial score (nSPS) is 11.3. The second-order valence-corrected chi connectivity index (χ2v) is 7.44. The smallest absolute Gasteiger partial charge is 0.266 e. The average Bonchev–Trinajstić information content (AvgIpc) is 3.37. The molecule has 29 heavy (non-hydrogen) atoms. The molecule has 0 radical (unpaired) electrons. The molecule has 0 fully saturated rings. The van der Waals surface area contributed by atoms with Gasteiger partial charge in [0, 0.05) is 12.0 Å². The first-order chi connectivity index (χ1) is 14.1. The summed E-state index contributed by atoms with van der Waals surface area (Å²) in [6.07, 6.45) is 1.78. The van der Waals surface area contributed by atoms with Crippen molar-refractivity contribution in [2.75, 3.05) is 0 Å². The molecule has 0 atom stereocenters. The number of aromatic amines is 2. The summed E-state index contributed by atoms with van der Waals surface area (Å²) >= 11 is 0. The standard InChI is InChI=1S/C21H23N7O/c1-14(2)7-12-19-22-21(29)25-28(19)13-15-8-10-16(11-9-15)17-5-3-4-6-18(17)20-23-26-27-24-20/h3-6,8-11,14H,7,12-13H2,1-2H3,(H,25,29)(H,23,24,26,27). The highest BCUT2D eigenvalue weighted by atomic mass is 16.1. The van der Waals surface area contributed by atoms with E-state index in [9.17, 15) is 4.79 Å². The van der Waals surface area contributed by atoms with Crippen molar-refractivity contribution in [1.29, 1.82) is 0 Å². The summed E-state index contributed by atoms with van der Waals surface area (Å²) in [5.41, 5.74) is 3.81. The van der Waals surface area contributed by atoms with E-state index in [0.29, 0.717) is 18.3 Å².